The van der Waals surface area contributed by atoms with Crippen LogP contribution in [0.3, 0.4) is 0 Å². The van der Waals surface area contributed by atoms with E-state index in [1.165, 1.54) is 12.1 Å². The molecule has 1 N–H and O–H groups in total. The van der Waals surface area contributed by atoms with Crippen molar-refractivity contribution in [2.24, 2.45) is 5.92 Å². The Hall–Kier alpha value is -0.640. The highest BCUT2D eigenvalue weighted by atomic mass is 79.9. The van der Waals surface area contributed by atoms with E-state index in [-0.39, 0.29) is 11.7 Å². The van der Waals surface area contributed by atoms with Gasteiger partial charge in [-0.1, -0.05) is 29.3 Å². The Bertz CT molecular complexity index is 385. The van der Waals surface area contributed by atoms with Crippen LogP contribution in [0.5, 0.6) is 0 Å². The Kier molecular flexibility index (Phi) is 4.02. The van der Waals surface area contributed by atoms with Crippen molar-refractivity contribution in [1.82, 2.24) is 0 Å². The lowest BCUT2D eigenvalue weighted by Gasteiger charge is -2.16. The minimum atomic E-state index is -0.531. The molecule has 1 aromatic rings. The Morgan fingerprint density at radius 3 is 2.47 bits per heavy atom. The van der Waals surface area contributed by atoms with Gasteiger partial charge in [0.1, 0.15) is 17.3 Å². The van der Waals surface area contributed by atoms with Crippen molar-refractivity contribution in [3.8, 4) is 0 Å². The molecule has 94 valence electrons. The predicted octanol–water partition coefficient (Wildman–Crippen LogP) is 4.72. The van der Waals surface area contributed by atoms with Crippen LogP contribution in [0, 0.1) is 17.6 Å². The molecule has 2 rings (SSSR count). The SMILES string of the molecule is CCC1CCC(Nc2c(F)cc(Br)cc2F)C1. The number of anilines is 1. The molecular weight excluding hydrogens is 288 g/mol. The van der Waals surface area contributed by atoms with Crippen molar-refractivity contribution in [2.75, 3.05) is 5.32 Å². The predicted molar refractivity (Wildman–Crippen MR) is 69.1 cm³/mol. The van der Waals surface area contributed by atoms with Gasteiger partial charge in [0.2, 0.25) is 0 Å². The Balaban J connectivity index is 2.09. The number of benzene rings is 1. The maximum Gasteiger partial charge on any atom is 0.150 e. The van der Waals surface area contributed by atoms with Gasteiger partial charge in [-0.3, -0.25) is 0 Å². The number of hydrogen-bond donors (Lipinski definition) is 1. The normalized spacial score (nSPS) is 24.0. The first-order chi connectivity index (χ1) is 8.10. The maximum absolute atomic E-state index is 13.6. The lowest BCUT2D eigenvalue weighted by molar-refractivity contribution is 0.522. The first kappa shape index (κ1) is 12.8. The molecule has 2 atom stereocenters. The Morgan fingerprint density at radius 1 is 1.29 bits per heavy atom. The lowest BCUT2D eigenvalue weighted by atomic mass is 10.1. The molecule has 0 bridgehead atoms. The van der Waals surface area contributed by atoms with Crippen molar-refractivity contribution < 1.29 is 8.78 Å². The summed E-state index contributed by atoms with van der Waals surface area (Å²) in [6.45, 7) is 2.16. The number of halogens is 3. The Labute approximate surface area is 109 Å². The average molecular weight is 304 g/mol. The molecule has 0 heterocycles. The number of rotatable bonds is 3. The molecule has 17 heavy (non-hydrogen) atoms. The van der Waals surface area contributed by atoms with Crippen LogP contribution in [-0.2, 0) is 0 Å². The van der Waals surface area contributed by atoms with Gasteiger partial charge in [-0.2, -0.15) is 0 Å². The van der Waals surface area contributed by atoms with Gasteiger partial charge in [0.25, 0.3) is 0 Å². The van der Waals surface area contributed by atoms with Crippen LogP contribution in [0.1, 0.15) is 32.6 Å². The molecule has 0 radical (unpaired) electrons. The molecule has 1 aliphatic carbocycles. The van der Waals surface area contributed by atoms with E-state index in [1.54, 1.807) is 0 Å². The second-order valence-electron chi connectivity index (χ2n) is 4.67. The molecular formula is C13H16BrF2N. The van der Waals surface area contributed by atoms with E-state index in [4.69, 9.17) is 0 Å². The van der Waals surface area contributed by atoms with Crippen LogP contribution in [0.2, 0.25) is 0 Å². The van der Waals surface area contributed by atoms with Gasteiger partial charge in [0, 0.05) is 10.5 Å². The molecule has 0 saturated heterocycles. The quantitative estimate of drug-likeness (QED) is 0.852. The fourth-order valence-electron chi connectivity index (χ4n) is 2.46. The molecule has 1 nitrogen and oxygen atoms in total. The van der Waals surface area contributed by atoms with Crippen LogP contribution in [0.4, 0.5) is 14.5 Å². The van der Waals surface area contributed by atoms with Crippen molar-refractivity contribution in [3.63, 3.8) is 0 Å². The molecule has 0 spiro atoms. The second-order valence-corrected chi connectivity index (χ2v) is 5.59. The van der Waals surface area contributed by atoms with Gasteiger partial charge >= 0.3 is 0 Å². The van der Waals surface area contributed by atoms with E-state index >= 15 is 0 Å². The van der Waals surface area contributed by atoms with Crippen LogP contribution in [0.25, 0.3) is 0 Å². The van der Waals surface area contributed by atoms with Gasteiger partial charge in [-0.05, 0) is 37.3 Å². The van der Waals surface area contributed by atoms with Crippen LogP contribution < -0.4 is 5.32 Å². The summed E-state index contributed by atoms with van der Waals surface area (Å²) < 4.78 is 27.6. The van der Waals surface area contributed by atoms with Gasteiger partial charge in [-0.15, -0.1) is 0 Å². The highest BCUT2D eigenvalue weighted by Crippen LogP contribution is 2.32. The van der Waals surface area contributed by atoms with Crippen molar-refractivity contribution in [2.45, 2.75) is 38.6 Å². The molecule has 1 fully saturated rings. The van der Waals surface area contributed by atoms with E-state index in [2.05, 4.69) is 28.2 Å². The summed E-state index contributed by atoms with van der Waals surface area (Å²) >= 11 is 3.07. The summed E-state index contributed by atoms with van der Waals surface area (Å²) in [6.07, 6.45) is 4.29. The molecule has 1 aliphatic rings. The Morgan fingerprint density at radius 2 is 1.94 bits per heavy atom. The first-order valence-corrected chi connectivity index (χ1v) is 6.80. The summed E-state index contributed by atoms with van der Waals surface area (Å²) in [5.74, 6) is -0.372. The van der Waals surface area contributed by atoms with E-state index in [1.807, 2.05) is 0 Å². The van der Waals surface area contributed by atoms with Gasteiger partial charge < -0.3 is 5.32 Å². The molecule has 1 aromatic carbocycles. The fourth-order valence-corrected chi connectivity index (χ4v) is 2.86. The summed E-state index contributed by atoms with van der Waals surface area (Å²) in [4.78, 5) is 0. The van der Waals surface area contributed by atoms with Crippen LogP contribution in [-0.4, -0.2) is 6.04 Å². The van der Waals surface area contributed by atoms with Gasteiger partial charge in [0.05, 0.1) is 0 Å². The van der Waals surface area contributed by atoms with Crippen molar-refractivity contribution >= 4 is 21.6 Å². The second kappa shape index (κ2) is 5.34. The monoisotopic (exact) mass is 303 g/mol. The number of hydrogen-bond acceptors (Lipinski definition) is 1. The molecule has 0 aromatic heterocycles. The zero-order valence-electron chi connectivity index (χ0n) is 9.77. The zero-order valence-corrected chi connectivity index (χ0v) is 11.4. The summed E-state index contributed by atoms with van der Waals surface area (Å²) in [6, 6.07) is 2.78. The highest BCUT2D eigenvalue weighted by Gasteiger charge is 2.24. The van der Waals surface area contributed by atoms with Gasteiger partial charge in [-0.25, -0.2) is 8.78 Å². The summed E-state index contributed by atoms with van der Waals surface area (Å²) in [5.41, 5.74) is 0.00922. The van der Waals surface area contributed by atoms with E-state index in [9.17, 15) is 8.78 Å². The average Bonchev–Trinajstić information content (AvgIpc) is 2.71. The molecule has 1 saturated carbocycles. The minimum absolute atomic E-state index is 0.00922. The van der Waals surface area contributed by atoms with Crippen LogP contribution in [0.15, 0.2) is 16.6 Å². The zero-order chi connectivity index (χ0) is 12.4. The molecule has 2 unspecified atom stereocenters. The molecule has 0 aliphatic heterocycles. The standard InChI is InChI=1S/C13H16BrF2N/c1-2-8-3-4-10(5-8)17-13-11(15)6-9(14)7-12(13)16/h6-8,10,17H,2-5H2,1H3. The maximum atomic E-state index is 13.6. The van der Waals surface area contributed by atoms with E-state index in [0.29, 0.717) is 10.4 Å². The highest BCUT2D eigenvalue weighted by molar-refractivity contribution is 9.10. The first-order valence-electron chi connectivity index (χ1n) is 6.01. The molecule has 4 heteroatoms. The smallest absolute Gasteiger partial charge is 0.150 e. The minimum Gasteiger partial charge on any atom is -0.378 e. The van der Waals surface area contributed by atoms with Gasteiger partial charge in [0.15, 0.2) is 0 Å². The summed E-state index contributed by atoms with van der Waals surface area (Å²) in [7, 11) is 0. The molecule has 0 amide bonds. The van der Waals surface area contributed by atoms with Crippen molar-refractivity contribution in [3.05, 3.63) is 28.2 Å². The summed E-state index contributed by atoms with van der Waals surface area (Å²) in [5, 5.41) is 3.00. The van der Waals surface area contributed by atoms with Crippen LogP contribution >= 0.6 is 15.9 Å². The third kappa shape index (κ3) is 2.97. The van der Waals surface area contributed by atoms with E-state index < -0.39 is 11.6 Å². The van der Waals surface area contributed by atoms with E-state index in [0.717, 1.165) is 25.7 Å². The largest absolute Gasteiger partial charge is 0.378 e. The number of nitrogens with one attached hydrogen (secondary N) is 1. The topological polar surface area (TPSA) is 12.0 Å². The third-order valence-corrected chi connectivity index (χ3v) is 3.93. The third-order valence-electron chi connectivity index (χ3n) is 3.47. The fraction of sp³-hybridized carbons (Fsp3) is 0.538. The van der Waals surface area contributed by atoms with Crippen molar-refractivity contribution in [1.29, 1.82) is 0 Å². The lowest BCUT2D eigenvalue weighted by Crippen LogP contribution is -2.17.